The molecule has 0 aromatic heterocycles. The standard InChI is InChI=1S/C18H24FN3O3/c1-2-22(10-17(23)24)12-8-11(9-12)20-18(25)21-16-7-6-13-14(16)4-3-5-15(13)19/h3-5,11-12,16H,2,6-10H2,1H3,(H,23,24)(H2,20,21,25). The van der Waals surface area contributed by atoms with E-state index in [0.717, 1.165) is 18.4 Å². The lowest BCUT2D eigenvalue weighted by Gasteiger charge is -2.42. The lowest BCUT2D eigenvalue weighted by atomic mass is 9.85. The fraction of sp³-hybridized carbons (Fsp3) is 0.556. The number of carbonyl (C=O) groups is 2. The first-order chi connectivity index (χ1) is 12.0. The number of carboxylic acids is 1. The molecule has 0 heterocycles. The minimum Gasteiger partial charge on any atom is -0.480 e. The molecule has 2 amide bonds. The molecule has 0 saturated heterocycles. The molecule has 0 aliphatic heterocycles. The Morgan fingerprint density at radius 3 is 2.76 bits per heavy atom. The van der Waals surface area contributed by atoms with Crippen LogP contribution in [0.5, 0.6) is 0 Å². The Balaban J connectivity index is 1.46. The molecule has 7 heteroatoms. The molecule has 2 aliphatic carbocycles. The number of halogens is 1. The summed E-state index contributed by atoms with van der Waals surface area (Å²) in [4.78, 5) is 25.0. The number of carboxylic acid groups (broad SMARTS) is 1. The van der Waals surface area contributed by atoms with Crippen molar-refractivity contribution in [1.82, 2.24) is 15.5 Å². The number of nitrogens with zero attached hydrogens (tertiary/aromatic N) is 1. The van der Waals surface area contributed by atoms with Crippen LogP contribution in [0, 0.1) is 5.82 Å². The zero-order valence-electron chi connectivity index (χ0n) is 14.3. The lowest BCUT2D eigenvalue weighted by molar-refractivity contribution is -0.139. The largest absolute Gasteiger partial charge is 0.480 e. The van der Waals surface area contributed by atoms with Gasteiger partial charge in [-0.05, 0) is 49.4 Å². The van der Waals surface area contributed by atoms with Gasteiger partial charge in [0.15, 0.2) is 0 Å². The Hall–Kier alpha value is -2.15. The average Bonchev–Trinajstić information content (AvgIpc) is 2.93. The average molecular weight is 349 g/mol. The number of hydrogen-bond acceptors (Lipinski definition) is 3. The summed E-state index contributed by atoms with van der Waals surface area (Å²) in [5.41, 5.74) is 1.56. The van der Waals surface area contributed by atoms with Gasteiger partial charge in [-0.15, -0.1) is 0 Å². The second kappa shape index (κ2) is 7.39. The van der Waals surface area contributed by atoms with Gasteiger partial charge in [0, 0.05) is 12.1 Å². The molecule has 1 atom stereocenters. The first-order valence-corrected chi connectivity index (χ1v) is 8.78. The van der Waals surface area contributed by atoms with Crippen molar-refractivity contribution in [2.24, 2.45) is 0 Å². The molecule has 0 spiro atoms. The minimum atomic E-state index is -0.830. The van der Waals surface area contributed by atoms with Crippen LogP contribution in [0.15, 0.2) is 18.2 Å². The maximum Gasteiger partial charge on any atom is 0.317 e. The second-order valence-corrected chi connectivity index (χ2v) is 6.80. The number of urea groups is 1. The third-order valence-corrected chi connectivity index (χ3v) is 5.23. The Kier molecular flexibility index (Phi) is 5.22. The van der Waals surface area contributed by atoms with Gasteiger partial charge in [-0.1, -0.05) is 19.1 Å². The molecule has 136 valence electrons. The van der Waals surface area contributed by atoms with Gasteiger partial charge in [0.05, 0.1) is 12.6 Å². The molecule has 3 N–H and O–H groups in total. The van der Waals surface area contributed by atoms with Crippen LogP contribution in [0.4, 0.5) is 9.18 Å². The summed E-state index contributed by atoms with van der Waals surface area (Å²) >= 11 is 0. The summed E-state index contributed by atoms with van der Waals surface area (Å²) in [6, 6.07) is 4.85. The zero-order valence-corrected chi connectivity index (χ0v) is 14.3. The van der Waals surface area contributed by atoms with Crippen molar-refractivity contribution in [3.05, 3.63) is 35.1 Å². The van der Waals surface area contributed by atoms with Gasteiger partial charge in [-0.3, -0.25) is 9.69 Å². The van der Waals surface area contributed by atoms with Crippen LogP contribution in [-0.4, -0.2) is 47.2 Å². The van der Waals surface area contributed by atoms with E-state index in [1.54, 1.807) is 6.07 Å². The smallest absolute Gasteiger partial charge is 0.317 e. The molecule has 1 aromatic rings. The summed E-state index contributed by atoms with van der Waals surface area (Å²) < 4.78 is 13.7. The summed E-state index contributed by atoms with van der Waals surface area (Å²) in [5, 5.41) is 14.8. The topological polar surface area (TPSA) is 81.7 Å². The van der Waals surface area contributed by atoms with Crippen molar-refractivity contribution in [2.75, 3.05) is 13.1 Å². The summed E-state index contributed by atoms with van der Waals surface area (Å²) in [6.45, 7) is 2.65. The molecule has 0 bridgehead atoms. The first kappa shape index (κ1) is 17.7. The number of benzene rings is 1. The Morgan fingerprint density at radius 2 is 2.08 bits per heavy atom. The molecule has 0 radical (unpaired) electrons. The van der Waals surface area contributed by atoms with Crippen LogP contribution in [0.1, 0.15) is 43.4 Å². The van der Waals surface area contributed by atoms with Gasteiger partial charge >= 0.3 is 12.0 Å². The van der Waals surface area contributed by atoms with Gasteiger partial charge in [0.2, 0.25) is 0 Å². The molecule has 3 rings (SSSR count). The van der Waals surface area contributed by atoms with Crippen molar-refractivity contribution < 1.29 is 19.1 Å². The predicted molar refractivity (Wildman–Crippen MR) is 90.8 cm³/mol. The summed E-state index contributed by atoms with van der Waals surface area (Å²) in [7, 11) is 0. The first-order valence-electron chi connectivity index (χ1n) is 8.78. The SMILES string of the molecule is CCN(CC(=O)O)C1CC(NC(=O)NC2CCc3c(F)cccc32)C1. The molecular weight excluding hydrogens is 325 g/mol. The third kappa shape index (κ3) is 3.92. The maximum atomic E-state index is 13.7. The van der Waals surface area contributed by atoms with Gasteiger partial charge in [0.1, 0.15) is 5.82 Å². The minimum absolute atomic E-state index is 0.0322. The second-order valence-electron chi connectivity index (χ2n) is 6.80. The monoisotopic (exact) mass is 349 g/mol. The Morgan fingerprint density at radius 1 is 1.32 bits per heavy atom. The number of carbonyl (C=O) groups excluding carboxylic acids is 1. The van der Waals surface area contributed by atoms with Crippen LogP contribution in [0.2, 0.25) is 0 Å². The van der Waals surface area contributed by atoms with E-state index in [-0.39, 0.29) is 36.5 Å². The van der Waals surface area contributed by atoms with E-state index in [0.29, 0.717) is 24.9 Å². The van der Waals surface area contributed by atoms with Gasteiger partial charge < -0.3 is 15.7 Å². The molecule has 1 saturated carbocycles. The number of aliphatic carboxylic acids is 1. The molecule has 2 aliphatic rings. The lowest BCUT2D eigenvalue weighted by Crippen LogP contribution is -2.56. The van der Waals surface area contributed by atoms with E-state index in [4.69, 9.17) is 5.11 Å². The fourth-order valence-electron chi connectivity index (χ4n) is 3.82. The number of hydrogen-bond donors (Lipinski definition) is 3. The number of rotatable bonds is 6. The summed E-state index contributed by atoms with van der Waals surface area (Å²) in [5.74, 6) is -1.04. The highest BCUT2D eigenvalue weighted by molar-refractivity contribution is 5.75. The predicted octanol–water partition coefficient (Wildman–Crippen LogP) is 2.05. The highest BCUT2D eigenvalue weighted by Crippen LogP contribution is 2.32. The van der Waals surface area contributed by atoms with Crippen LogP contribution in [0.3, 0.4) is 0 Å². The van der Waals surface area contributed by atoms with Crippen LogP contribution in [0.25, 0.3) is 0 Å². The van der Waals surface area contributed by atoms with Crippen molar-refractivity contribution >= 4 is 12.0 Å². The van der Waals surface area contributed by atoms with Crippen molar-refractivity contribution in [3.63, 3.8) is 0 Å². The molecule has 1 unspecified atom stereocenters. The van der Waals surface area contributed by atoms with E-state index < -0.39 is 5.97 Å². The Labute approximate surface area is 146 Å². The maximum absolute atomic E-state index is 13.7. The van der Waals surface area contributed by atoms with E-state index in [1.165, 1.54) is 6.07 Å². The molecule has 6 nitrogen and oxygen atoms in total. The van der Waals surface area contributed by atoms with E-state index in [2.05, 4.69) is 10.6 Å². The number of fused-ring (bicyclic) bond motifs is 1. The normalized spacial score (nSPS) is 24.5. The van der Waals surface area contributed by atoms with Crippen LogP contribution < -0.4 is 10.6 Å². The molecule has 1 fully saturated rings. The van der Waals surface area contributed by atoms with Gasteiger partial charge in [-0.2, -0.15) is 0 Å². The molecule has 25 heavy (non-hydrogen) atoms. The van der Waals surface area contributed by atoms with Crippen LogP contribution >= 0.6 is 0 Å². The number of likely N-dealkylation sites (N-methyl/N-ethyl adjacent to an activating group) is 1. The Bertz CT molecular complexity index is 661. The number of nitrogens with one attached hydrogen (secondary N) is 2. The highest BCUT2D eigenvalue weighted by atomic mass is 19.1. The van der Waals surface area contributed by atoms with Gasteiger partial charge in [-0.25, -0.2) is 9.18 Å². The van der Waals surface area contributed by atoms with Gasteiger partial charge in [0.25, 0.3) is 0 Å². The molecular formula is C18H24FN3O3. The van der Waals surface area contributed by atoms with E-state index >= 15 is 0 Å². The zero-order chi connectivity index (χ0) is 18.0. The summed E-state index contributed by atoms with van der Waals surface area (Å²) in [6.07, 6.45) is 2.85. The van der Waals surface area contributed by atoms with Crippen molar-refractivity contribution in [3.8, 4) is 0 Å². The van der Waals surface area contributed by atoms with E-state index in [1.807, 2.05) is 17.9 Å². The third-order valence-electron chi connectivity index (χ3n) is 5.23. The quantitative estimate of drug-likeness (QED) is 0.734. The molecule has 1 aromatic carbocycles. The van der Waals surface area contributed by atoms with Crippen LogP contribution in [-0.2, 0) is 11.2 Å². The van der Waals surface area contributed by atoms with E-state index in [9.17, 15) is 14.0 Å². The van der Waals surface area contributed by atoms with Crippen molar-refractivity contribution in [2.45, 2.75) is 50.7 Å². The van der Waals surface area contributed by atoms with Crippen molar-refractivity contribution in [1.29, 1.82) is 0 Å². The fourth-order valence-corrected chi connectivity index (χ4v) is 3.82. The number of amides is 2. The highest BCUT2D eigenvalue weighted by Gasteiger charge is 2.35.